The van der Waals surface area contributed by atoms with Crippen molar-refractivity contribution in [2.45, 2.75) is 31.5 Å². The van der Waals surface area contributed by atoms with Crippen molar-refractivity contribution in [3.05, 3.63) is 24.3 Å². The molecule has 1 aromatic rings. The molecule has 0 saturated carbocycles. The van der Waals surface area contributed by atoms with E-state index in [0.717, 1.165) is 18.8 Å². The Morgan fingerprint density at radius 3 is 2.32 bits per heavy atom. The van der Waals surface area contributed by atoms with E-state index >= 15 is 0 Å². The summed E-state index contributed by atoms with van der Waals surface area (Å²) in [5.41, 5.74) is 2.10. The van der Waals surface area contributed by atoms with Crippen LogP contribution in [0.1, 0.15) is 26.7 Å². The predicted molar refractivity (Wildman–Crippen MR) is 84.1 cm³/mol. The van der Waals surface area contributed by atoms with Gasteiger partial charge in [-0.05, 0) is 43.0 Å². The van der Waals surface area contributed by atoms with Gasteiger partial charge in [0, 0.05) is 24.5 Å². The number of carbonyl (C=O) groups excluding carboxylic acids is 1. The van der Waals surface area contributed by atoms with Crippen LogP contribution in [0.15, 0.2) is 24.3 Å². The van der Waals surface area contributed by atoms with E-state index in [-0.39, 0.29) is 16.7 Å². The van der Waals surface area contributed by atoms with Crippen molar-refractivity contribution < 1.29 is 4.79 Å². The highest BCUT2D eigenvalue weighted by molar-refractivity contribution is 9.10. The summed E-state index contributed by atoms with van der Waals surface area (Å²) in [7, 11) is 0. The van der Waals surface area contributed by atoms with E-state index in [4.69, 9.17) is 0 Å². The monoisotopic (exact) mass is 324 g/mol. The first kappa shape index (κ1) is 14.4. The van der Waals surface area contributed by atoms with Gasteiger partial charge in [0.05, 0.1) is 4.83 Å². The van der Waals surface area contributed by atoms with Crippen molar-refractivity contribution in [2.75, 3.05) is 23.3 Å². The van der Waals surface area contributed by atoms with E-state index in [1.807, 2.05) is 26.0 Å². The average molecular weight is 325 g/mol. The Hall–Kier alpha value is -1.03. The lowest BCUT2D eigenvalue weighted by Gasteiger charge is -2.18. The Morgan fingerprint density at radius 2 is 1.79 bits per heavy atom. The van der Waals surface area contributed by atoms with Crippen LogP contribution < -0.4 is 10.2 Å². The van der Waals surface area contributed by atoms with Crippen molar-refractivity contribution in [1.29, 1.82) is 0 Å². The summed E-state index contributed by atoms with van der Waals surface area (Å²) in [6.45, 7) is 6.33. The Kier molecular flexibility index (Phi) is 4.86. The van der Waals surface area contributed by atoms with Gasteiger partial charge in [-0.1, -0.05) is 29.8 Å². The van der Waals surface area contributed by atoms with Crippen LogP contribution in [0.2, 0.25) is 0 Å². The highest BCUT2D eigenvalue weighted by Gasteiger charge is 2.18. The van der Waals surface area contributed by atoms with E-state index in [9.17, 15) is 4.79 Å². The standard InChI is InChI=1S/C15H21BrN2O/c1-11(2)14(16)15(19)17-12-5-7-13(8-6-12)18-9-3-4-10-18/h5-8,11,14H,3-4,9-10H2,1-2H3,(H,17,19). The molecule has 1 aliphatic rings. The number of amides is 1. The summed E-state index contributed by atoms with van der Waals surface area (Å²) in [5, 5.41) is 2.94. The van der Waals surface area contributed by atoms with Crippen LogP contribution in [-0.4, -0.2) is 23.8 Å². The van der Waals surface area contributed by atoms with Gasteiger partial charge in [-0.2, -0.15) is 0 Å². The summed E-state index contributed by atoms with van der Waals surface area (Å²) in [6, 6.07) is 8.12. The molecule has 3 nitrogen and oxygen atoms in total. The quantitative estimate of drug-likeness (QED) is 0.857. The number of nitrogens with zero attached hydrogens (tertiary/aromatic N) is 1. The van der Waals surface area contributed by atoms with E-state index in [2.05, 4.69) is 38.3 Å². The smallest absolute Gasteiger partial charge is 0.238 e. The molecule has 1 unspecified atom stereocenters. The molecule has 1 amide bonds. The molecule has 2 rings (SSSR count). The number of carbonyl (C=O) groups is 1. The zero-order valence-corrected chi connectivity index (χ0v) is 13.1. The van der Waals surface area contributed by atoms with Gasteiger partial charge in [-0.25, -0.2) is 0 Å². The zero-order valence-electron chi connectivity index (χ0n) is 11.5. The van der Waals surface area contributed by atoms with Crippen LogP contribution in [0.5, 0.6) is 0 Å². The SMILES string of the molecule is CC(C)C(Br)C(=O)Nc1ccc(N2CCCC2)cc1. The number of alkyl halides is 1. The molecule has 4 heteroatoms. The Morgan fingerprint density at radius 1 is 1.21 bits per heavy atom. The molecule has 0 aliphatic carbocycles. The molecule has 1 heterocycles. The van der Waals surface area contributed by atoms with Crippen molar-refractivity contribution in [3.63, 3.8) is 0 Å². The summed E-state index contributed by atoms with van der Waals surface area (Å²) in [5.74, 6) is 0.299. The number of halogens is 1. The second-order valence-electron chi connectivity index (χ2n) is 5.38. The van der Waals surface area contributed by atoms with Crippen molar-refractivity contribution in [1.82, 2.24) is 0 Å². The molecule has 104 valence electrons. The molecule has 1 saturated heterocycles. The third-order valence-electron chi connectivity index (χ3n) is 3.44. The molecular formula is C15H21BrN2O. The molecule has 0 aromatic heterocycles. The van der Waals surface area contributed by atoms with Gasteiger partial charge in [0.1, 0.15) is 0 Å². The van der Waals surface area contributed by atoms with Gasteiger partial charge in [0.25, 0.3) is 0 Å². The minimum absolute atomic E-state index is 0.0175. The molecule has 19 heavy (non-hydrogen) atoms. The number of hydrogen-bond acceptors (Lipinski definition) is 2. The van der Waals surface area contributed by atoms with E-state index in [0.29, 0.717) is 0 Å². The van der Waals surface area contributed by atoms with Crippen LogP contribution in [-0.2, 0) is 4.79 Å². The van der Waals surface area contributed by atoms with Gasteiger partial charge in [-0.15, -0.1) is 0 Å². The first-order chi connectivity index (χ1) is 9.08. The molecule has 0 radical (unpaired) electrons. The minimum Gasteiger partial charge on any atom is -0.372 e. The third-order valence-corrected chi connectivity index (χ3v) is 4.91. The molecule has 1 aromatic carbocycles. The Labute approximate surface area is 123 Å². The van der Waals surface area contributed by atoms with Crippen molar-refractivity contribution in [3.8, 4) is 0 Å². The van der Waals surface area contributed by atoms with Gasteiger partial charge in [-0.3, -0.25) is 4.79 Å². The lowest BCUT2D eigenvalue weighted by molar-refractivity contribution is -0.116. The minimum atomic E-state index is -0.147. The van der Waals surface area contributed by atoms with Crippen LogP contribution in [0.25, 0.3) is 0 Å². The molecule has 0 bridgehead atoms. The third kappa shape index (κ3) is 3.72. The van der Waals surface area contributed by atoms with E-state index < -0.39 is 0 Å². The van der Waals surface area contributed by atoms with Crippen molar-refractivity contribution >= 4 is 33.2 Å². The second kappa shape index (κ2) is 6.42. The summed E-state index contributed by atoms with van der Waals surface area (Å²) in [4.78, 5) is 14.2. The topological polar surface area (TPSA) is 32.3 Å². The van der Waals surface area contributed by atoms with Gasteiger partial charge >= 0.3 is 0 Å². The fourth-order valence-corrected chi connectivity index (χ4v) is 2.36. The molecule has 1 atom stereocenters. The Bertz CT molecular complexity index is 424. The van der Waals surface area contributed by atoms with Crippen LogP contribution in [0.3, 0.4) is 0 Å². The molecule has 0 spiro atoms. The highest BCUT2D eigenvalue weighted by Crippen LogP contribution is 2.22. The maximum absolute atomic E-state index is 11.9. The molecule has 1 fully saturated rings. The number of rotatable bonds is 4. The van der Waals surface area contributed by atoms with Gasteiger partial charge in [0.15, 0.2) is 0 Å². The van der Waals surface area contributed by atoms with Crippen LogP contribution in [0, 0.1) is 5.92 Å². The second-order valence-corrected chi connectivity index (χ2v) is 6.36. The van der Waals surface area contributed by atoms with Gasteiger partial charge < -0.3 is 10.2 Å². The fourth-order valence-electron chi connectivity index (χ4n) is 2.24. The summed E-state index contributed by atoms with van der Waals surface area (Å²) < 4.78 is 0. The Balaban J connectivity index is 1.96. The predicted octanol–water partition coefficient (Wildman–Crippen LogP) is 3.64. The van der Waals surface area contributed by atoms with E-state index in [1.54, 1.807) is 0 Å². The van der Waals surface area contributed by atoms with Crippen LogP contribution >= 0.6 is 15.9 Å². The molecular weight excluding hydrogens is 304 g/mol. The number of nitrogens with one attached hydrogen (secondary N) is 1. The van der Waals surface area contributed by atoms with E-state index in [1.165, 1.54) is 18.5 Å². The first-order valence-corrected chi connectivity index (χ1v) is 7.79. The molecule has 1 aliphatic heterocycles. The fraction of sp³-hybridized carbons (Fsp3) is 0.533. The maximum Gasteiger partial charge on any atom is 0.238 e. The highest BCUT2D eigenvalue weighted by atomic mass is 79.9. The molecule has 1 N–H and O–H groups in total. The lowest BCUT2D eigenvalue weighted by atomic mass is 10.1. The average Bonchev–Trinajstić information content (AvgIpc) is 2.92. The van der Waals surface area contributed by atoms with Gasteiger partial charge in [0.2, 0.25) is 5.91 Å². The zero-order chi connectivity index (χ0) is 13.8. The van der Waals surface area contributed by atoms with Crippen LogP contribution in [0.4, 0.5) is 11.4 Å². The normalized spacial score (nSPS) is 16.7. The summed E-state index contributed by atoms with van der Waals surface area (Å²) >= 11 is 3.41. The van der Waals surface area contributed by atoms with Crippen molar-refractivity contribution in [2.24, 2.45) is 5.92 Å². The number of anilines is 2. The maximum atomic E-state index is 11.9. The largest absolute Gasteiger partial charge is 0.372 e. The first-order valence-electron chi connectivity index (χ1n) is 6.88. The lowest BCUT2D eigenvalue weighted by Crippen LogP contribution is -2.27. The summed E-state index contributed by atoms with van der Waals surface area (Å²) in [6.07, 6.45) is 2.55. The number of hydrogen-bond donors (Lipinski definition) is 1. The number of benzene rings is 1.